The molecular weight excluding hydrogens is 224 g/mol. The maximum absolute atomic E-state index is 9.94. The van der Waals surface area contributed by atoms with Gasteiger partial charge in [-0.15, -0.1) is 0 Å². The second-order valence-electron chi connectivity index (χ2n) is 4.18. The van der Waals surface area contributed by atoms with E-state index in [2.05, 4.69) is 6.58 Å². The van der Waals surface area contributed by atoms with E-state index in [1.165, 1.54) is 0 Å². The first kappa shape index (κ1) is 12.2. The summed E-state index contributed by atoms with van der Waals surface area (Å²) in [4.78, 5) is 0. The summed E-state index contributed by atoms with van der Waals surface area (Å²) in [6, 6.07) is 13.1. The maximum Gasteiger partial charge on any atom is 0.123 e. The molecule has 0 saturated heterocycles. The third-order valence-electron chi connectivity index (χ3n) is 3.00. The smallest absolute Gasteiger partial charge is 0.123 e. The first-order chi connectivity index (χ1) is 8.63. The topological polar surface area (TPSA) is 29.5 Å². The van der Waals surface area contributed by atoms with Gasteiger partial charge in [0.05, 0.1) is 7.11 Å². The van der Waals surface area contributed by atoms with Crippen molar-refractivity contribution in [2.24, 2.45) is 0 Å². The molecule has 0 amide bonds. The molecule has 0 atom stereocenters. The van der Waals surface area contributed by atoms with Crippen LogP contribution in [0.2, 0.25) is 0 Å². The molecule has 2 nitrogen and oxygen atoms in total. The van der Waals surface area contributed by atoms with Crippen molar-refractivity contribution in [2.75, 3.05) is 7.11 Å². The molecule has 2 aromatic rings. The van der Waals surface area contributed by atoms with Gasteiger partial charge in [0.2, 0.25) is 0 Å². The van der Waals surface area contributed by atoms with Crippen LogP contribution in [0.1, 0.15) is 16.7 Å². The number of ether oxygens (including phenoxy) is 1. The summed E-state index contributed by atoms with van der Waals surface area (Å²) in [6.07, 6.45) is 0. The Bertz CT molecular complexity index is 585. The summed E-state index contributed by atoms with van der Waals surface area (Å²) in [5, 5.41) is 9.94. The summed E-state index contributed by atoms with van der Waals surface area (Å²) in [5.41, 5.74) is 3.65. The fourth-order valence-electron chi connectivity index (χ4n) is 1.94. The van der Waals surface area contributed by atoms with E-state index < -0.39 is 0 Å². The zero-order valence-electron chi connectivity index (χ0n) is 10.6. The van der Waals surface area contributed by atoms with E-state index in [1.54, 1.807) is 25.3 Å². The summed E-state index contributed by atoms with van der Waals surface area (Å²) in [5.74, 6) is 0.918. The number of phenolic OH excluding ortho intramolecular Hbond substituents is 1. The van der Waals surface area contributed by atoms with Crippen molar-refractivity contribution in [3.63, 3.8) is 0 Å². The number of hydrogen-bond donors (Lipinski definition) is 1. The number of methoxy groups -OCH3 is 1. The third-order valence-corrected chi connectivity index (χ3v) is 3.00. The molecule has 0 heterocycles. The highest BCUT2D eigenvalue weighted by molar-refractivity contribution is 5.83. The zero-order valence-corrected chi connectivity index (χ0v) is 10.6. The van der Waals surface area contributed by atoms with E-state index in [-0.39, 0.29) is 5.75 Å². The molecule has 0 aliphatic rings. The lowest BCUT2D eigenvalue weighted by molar-refractivity contribution is 0.412. The highest BCUT2D eigenvalue weighted by Crippen LogP contribution is 2.33. The van der Waals surface area contributed by atoms with Crippen LogP contribution in [0.25, 0.3) is 5.57 Å². The van der Waals surface area contributed by atoms with E-state index in [0.29, 0.717) is 11.3 Å². The van der Waals surface area contributed by atoms with Gasteiger partial charge in [-0.1, -0.05) is 30.8 Å². The monoisotopic (exact) mass is 240 g/mol. The van der Waals surface area contributed by atoms with E-state index in [0.717, 1.165) is 16.7 Å². The van der Waals surface area contributed by atoms with Gasteiger partial charge in [0.25, 0.3) is 0 Å². The Hall–Kier alpha value is -2.22. The predicted molar refractivity (Wildman–Crippen MR) is 74.0 cm³/mol. The van der Waals surface area contributed by atoms with Gasteiger partial charge < -0.3 is 9.84 Å². The van der Waals surface area contributed by atoms with Crippen LogP contribution in [0, 0.1) is 6.92 Å². The van der Waals surface area contributed by atoms with Gasteiger partial charge in [-0.2, -0.15) is 0 Å². The average Bonchev–Trinajstić information content (AvgIpc) is 2.39. The van der Waals surface area contributed by atoms with Crippen LogP contribution >= 0.6 is 0 Å². The quantitative estimate of drug-likeness (QED) is 0.884. The molecule has 0 saturated carbocycles. The molecule has 0 aromatic heterocycles. The lowest BCUT2D eigenvalue weighted by atomic mass is 9.95. The molecule has 0 aliphatic heterocycles. The summed E-state index contributed by atoms with van der Waals surface area (Å²) in [6.45, 7) is 6.10. The number of rotatable bonds is 3. The number of aryl methyl sites for hydroxylation is 1. The van der Waals surface area contributed by atoms with Gasteiger partial charge in [-0.05, 0) is 41.8 Å². The van der Waals surface area contributed by atoms with Gasteiger partial charge in [0.15, 0.2) is 0 Å². The molecule has 18 heavy (non-hydrogen) atoms. The molecule has 2 heteroatoms. The molecule has 2 rings (SSSR count). The minimum Gasteiger partial charge on any atom is -0.507 e. The minimum absolute atomic E-state index is 0.212. The van der Waals surface area contributed by atoms with Crippen LogP contribution in [0.5, 0.6) is 11.5 Å². The second kappa shape index (κ2) is 4.96. The van der Waals surface area contributed by atoms with E-state index in [9.17, 15) is 5.11 Å². The van der Waals surface area contributed by atoms with E-state index in [4.69, 9.17) is 4.74 Å². The molecule has 0 spiro atoms. The van der Waals surface area contributed by atoms with Gasteiger partial charge in [-0.3, -0.25) is 0 Å². The molecule has 1 N–H and O–H groups in total. The number of aromatic hydroxyl groups is 1. The molecule has 0 bridgehead atoms. The maximum atomic E-state index is 9.94. The van der Waals surface area contributed by atoms with Crippen LogP contribution in [-0.4, -0.2) is 12.2 Å². The lowest BCUT2D eigenvalue weighted by Gasteiger charge is -2.12. The van der Waals surface area contributed by atoms with Crippen molar-refractivity contribution in [1.82, 2.24) is 0 Å². The SMILES string of the molecule is C=C(c1ccccc1C)c1cc(OC)ccc1O. The molecule has 2 aromatic carbocycles. The fourth-order valence-corrected chi connectivity index (χ4v) is 1.94. The normalized spacial score (nSPS) is 10.1. The van der Waals surface area contributed by atoms with Gasteiger partial charge >= 0.3 is 0 Å². The second-order valence-corrected chi connectivity index (χ2v) is 4.18. The molecule has 0 unspecified atom stereocenters. The van der Waals surface area contributed by atoms with Crippen LogP contribution in [0.3, 0.4) is 0 Å². The minimum atomic E-state index is 0.212. The molecule has 92 valence electrons. The van der Waals surface area contributed by atoms with Crippen molar-refractivity contribution in [2.45, 2.75) is 6.92 Å². The van der Waals surface area contributed by atoms with Crippen molar-refractivity contribution < 1.29 is 9.84 Å². The largest absolute Gasteiger partial charge is 0.507 e. The van der Waals surface area contributed by atoms with Crippen LogP contribution in [0.4, 0.5) is 0 Å². The van der Waals surface area contributed by atoms with Crippen molar-refractivity contribution in [3.8, 4) is 11.5 Å². The van der Waals surface area contributed by atoms with Crippen LogP contribution in [0.15, 0.2) is 49.0 Å². The Morgan fingerprint density at radius 2 is 1.83 bits per heavy atom. The Labute approximate surface area is 107 Å². The highest BCUT2D eigenvalue weighted by Gasteiger charge is 2.10. The summed E-state index contributed by atoms with van der Waals surface area (Å²) >= 11 is 0. The molecular formula is C16H16O2. The first-order valence-corrected chi connectivity index (χ1v) is 5.75. The molecule has 0 aliphatic carbocycles. The van der Waals surface area contributed by atoms with Crippen molar-refractivity contribution in [3.05, 3.63) is 65.7 Å². The van der Waals surface area contributed by atoms with E-state index in [1.807, 2.05) is 31.2 Å². The van der Waals surface area contributed by atoms with E-state index >= 15 is 0 Å². The highest BCUT2D eigenvalue weighted by atomic mass is 16.5. The molecule has 0 fully saturated rings. The first-order valence-electron chi connectivity index (χ1n) is 5.75. The average molecular weight is 240 g/mol. The van der Waals surface area contributed by atoms with Crippen molar-refractivity contribution in [1.29, 1.82) is 0 Å². The fraction of sp³-hybridized carbons (Fsp3) is 0.125. The van der Waals surface area contributed by atoms with Crippen LogP contribution in [-0.2, 0) is 0 Å². The Kier molecular flexibility index (Phi) is 3.38. The number of hydrogen-bond acceptors (Lipinski definition) is 2. The third kappa shape index (κ3) is 2.23. The molecule has 0 radical (unpaired) electrons. The summed E-state index contributed by atoms with van der Waals surface area (Å²) < 4.78 is 5.17. The van der Waals surface area contributed by atoms with Gasteiger partial charge in [-0.25, -0.2) is 0 Å². The van der Waals surface area contributed by atoms with Gasteiger partial charge in [0.1, 0.15) is 11.5 Å². The lowest BCUT2D eigenvalue weighted by Crippen LogP contribution is -1.92. The number of phenols is 1. The predicted octanol–water partition coefficient (Wildman–Crippen LogP) is 3.77. The Balaban J connectivity index is 2.49. The Morgan fingerprint density at radius 1 is 1.11 bits per heavy atom. The Morgan fingerprint density at radius 3 is 2.50 bits per heavy atom. The zero-order chi connectivity index (χ0) is 13.1. The van der Waals surface area contributed by atoms with Gasteiger partial charge in [0, 0.05) is 5.56 Å². The van der Waals surface area contributed by atoms with Crippen molar-refractivity contribution >= 4 is 5.57 Å². The summed E-state index contributed by atoms with van der Waals surface area (Å²) in [7, 11) is 1.60. The van der Waals surface area contributed by atoms with Crippen LogP contribution < -0.4 is 4.74 Å². The number of benzene rings is 2. The standard InChI is InChI=1S/C16H16O2/c1-11-6-4-5-7-14(11)12(2)15-10-13(18-3)8-9-16(15)17/h4-10,17H,2H2,1,3H3.